The molecule has 1 aliphatic carbocycles. The second-order valence-corrected chi connectivity index (χ2v) is 6.80. The van der Waals surface area contributed by atoms with Gasteiger partial charge >= 0.3 is 0 Å². The van der Waals surface area contributed by atoms with Crippen molar-refractivity contribution in [3.05, 3.63) is 34.7 Å². The van der Waals surface area contributed by atoms with Crippen LogP contribution in [0.25, 0.3) is 11.3 Å². The molecule has 1 heterocycles. The van der Waals surface area contributed by atoms with Crippen LogP contribution in [0.2, 0.25) is 0 Å². The number of carbonyl (C=O) groups is 1. The van der Waals surface area contributed by atoms with Gasteiger partial charge in [-0.05, 0) is 49.8 Å². The Morgan fingerprint density at radius 3 is 3.05 bits per heavy atom. The highest BCUT2D eigenvalue weighted by Gasteiger charge is 2.13. The van der Waals surface area contributed by atoms with E-state index in [1.807, 2.05) is 12.3 Å². The lowest BCUT2D eigenvalue weighted by atomic mass is 10.1. The molecule has 0 aliphatic heterocycles. The fraction of sp³-hybridized carbons (Fsp3) is 0.412. The molecule has 0 spiro atoms. The zero-order valence-corrected chi connectivity index (χ0v) is 13.6. The van der Waals surface area contributed by atoms with E-state index in [9.17, 15) is 4.79 Å². The van der Waals surface area contributed by atoms with Crippen molar-refractivity contribution in [2.75, 3.05) is 5.32 Å². The molecule has 1 aromatic heterocycles. The van der Waals surface area contributed by atoms with Gasteiger partial charge in [-0.25, -0.2) is 4.98 Å². The maximum absolute atomic E-state index is 11.8. The maximum Gasteiger partial charge on any atom is 0.226 e. The summed E-state index contributed by atoms with van der Waals surface area (Å²) < 4.78 is 0. The van der Waals surface area contributed by atoms with Crippen molar-refractivity contribution in [3.8, 4) is 11.3 Å². The number of thiazole rings is 1. The third kappa shape index (κ3) is 3.54. The van der Waals surface area contributed by atoms with E-state index < -0.39 is 0 Å². The summed E-state index contributed by atoms with van der Waals surface area (Å²) in [5, 5.41) is 5.51. The molecule has 1 atom stereocenters. The average Bonchev–Trinajstić information content (AvgIpc) is 3.12. The van der Waals surface area contributed by atoms with Crippen LogP contribution in [0.5, 0.6) is 0 Å². The summed E-state index contributed by atoms with van der Waals surface area (Å²) in [6.07, 6.45) is 4.72. The normalized spacial score (nSPS) is 14.6. The SMILES string of the molecule is CC(N)CCC(=O)Nc1nc(-c2ccc3c(c2)CCC3)cs1. The molecular weight excluding hydrogens is 294 g/mol. The second kappa shape index (κ2) is 6.58. The van der Waals surface area contributed by atoms with Gasteiger partial charge in [-0.3, -0.25) is 4.79 Å². The predicted molar refractivity (Wildman–Crippen MR) is 91.1 cm³/mol. The number of fused-ring (bicyclic) bond motifs is 1. The first-order chi connectivity index (χ1) is 10.6. The Bertz CT molecular complexity index is 678. The number of aryl methyl sites for hydroxylation is 2. The van der Waals surface area contributed by atoms with Crippen LogP contribution in [0.4, 0.5) is 5.13 Å². The van der Waals surface area contributed by atoms with Gasteiger partial charge in [0, 0.05) is 23.4 Å². The maximum atomic E-state index is 11.8. The van der Waals surface area contributed by atoms with Crippen LogP contribution >= 0.6 is 11.3 Å². The first-order valence-corrected chi connectivity index (χ1v) is 8.63. The van der Waals surface area contributed by atoms with E-state index in [0.717, 1.165) is 17.7 Å². The van der Waals surface area contributed by atoms with Crippen molar-refractivity contribution in [1.29, 1.82) is 0 Å². The minimum Gasteiger partial charge on any atom is -0.328 e. The smallest absolute Gasteiger partial charge is 0.226 e. The van der Waals surface area contributed by atoms with Crippen molar-refractivity contribution < 1.29 is 4.79 Å². The molecule has 3 N–H and O–H groups in total. The Labute approximate surface area is 134 Å². The van der Waals surface area contributed by atoms with E-state index >= 15 is 0 Å². The highest BCUT2D eigenvalue weighted by Crippen LogP contribution is 2.30. The fourth-order valence-electron chi connectivity index (χ4n) is 2.74. The third-order valence-electron chi connectivity index (χ3n) is 3.97. The van der Waals surface area contributed by atoms with Crippen LogP contribution < -0.4 is 11.1 Å². The van der Waals surface area contributed by atoms with Crippen molar-refractivity contribution in [3.63, 3.8) is 0 Å². The topological polar surface area (TPSA) is 68.0 Å². The quantitative estimate of drug-likeness (QED) is 0.889. The highest BCUT2D eigenvalue weighted by atomic mass is 32.1. The van der Waals surface area contributed by atoms with Gasteiger partial charge in [0.15, 0.2) is 5.13 Å². The Hall–Kier alpha value is -1.72. The standard InChI is InChI=1S/C17H21N3OS/c1-11(18)5-8-16(21)20-17-19-15(10-22-17)14-7-6-12-3-2-4-13(12)9-14/h6-7,9-11H,2-5,8,18H2,1H3,(H,19,20,21). The summed E-state index contributed by atoms with van der Waals surface area (Å²) in [5.41, 5.74) is 10.6. The lowest BCUT2D eigenvalue weighted by molar-refractivity contribution is -0.116. The average molecular weight is 315 g/mol. The zero-order chi connectivity index (χ0) is 15.5. The van der Waals surface area contributed by atoms with Crippen LogP contribution in [0, 0.1) is 0 Å². The molecule has 1 aromatic carbocycles. The van der Waals surface area contributed by atoms with Gasteiger partial charge in [0.2, 0.25) is 5.91 Å². The van der Waals surface area contributed by atoms with Crippen LogP contribution in [0.1, 0.15) is 37.3 Å². The first kappa shape index (κ1) is 15.2. The van der Waals surface area contributed by atoms with E-state index in [0.29, 0.717) is 18.0 Å². The minimum atomic E-state index is -0.0212. The summed E-state index contributed by atoms with van der Waals surface area (Å²) >= 11 is 1.47. The van der Waals surface area contributed by atoms with E-state index in [4.69, 9.17) is 5.73 Å². The molecule has 1 amide bonds. The largest absolute Gasteiger partial charge is 0.328 e. The van der Waals surface area contributed by atoms with Crippen LogP contribution in [0.3, 0.4) is 0 Å². The van der Waals surface area contributed by atoms with E-state index in [1.54, 1.807) is 0 Å². The van der Waals surface area contributed by atoms with Crippen molar-refractivity contribution in [1.82, 2.24) is 4.98 Å². The Kier molecular flexibility index (Phi) is 4.55. The van der Waals surface area contributed by atoms with Crippen molar-refractivity contribution >= 4 is 22.4 Å². The molecule has 2 aromatic rings. The molecule has 4 nitrogen and oxygen atoms in total. The van der Waals surface area contributed by atoms with Crippen LogP contribution in [-0.4, -0.2) is 16.9 Å². The second-order valence-electron chi connectivity index (χ2n) is 5.94. The van der Waals surface area contributed by atoms with Gasteiger partial charge in [0.05, 0.1) is 5.69 Å². The van der Waals surface area contributed by atoms with Crippen molar-refractivity contribution in [2.24, 2.45) is 5.73 Å². The summed E-state index contributed by atoms with van der Waals surface area (Å²) in [6, 6.07) is 6.61. The first-order valence-electron chi connectivity index (χ1n) is 7.75. The number of nitrogens with two attached hydrogens (primary N) is 1. The predicted octanol–water partition coefficient (Wildman–Crippen LogP) is 3.36. The molecule has 0 bridgehead atoms. The van der Waals surface area contributed by atoms with Gasteiger partial charge in [-0.15, -0.1) is 11.3 Å². The van der Waals surface area contributed by atoms with Crippen molar-refractivity contribution in [2.45, 2.75) is 45.1 Å². The molecule has 1 aliphatic rings. The third-order valence-corrected chi connectivity index (χ3v) is 4.73. The molecule has 0 saturated heterocycles. The van der Waals surface area contributed by atoms with Crippen LogP contribution in [-0.2, 0) is 17.6 Å². The Balaban J connectivity index is 1.67. The Morgan fingerprint density at radius 1 is 1.41 bits per heavy atom. The molecule has 0 fully saturated rings. The number of rotatable bonds is 5. The molecule has 116 valence electrons. The summed E-state index contributed by atoms with van der Waals surface area (Å²) in [6.45, 7) is 1.91. The molecule has 5 heteroatoms. The van der Waals surface area contributed by atoms with Gasteiger partial charge in [0.25, 0.3) is 0 Å². The van der Waals surface area contributed by atoms with Gasteiger partial charge in [0.1, 0.15) is 0 Å². The summed E-state index contributed by atoms with van der Waals surface area (Å²) in [4.78, 5) is 16.3. The highest BCUT2D eigenvalue weighted by molar-refractivity contribution is 7.14. The van der Waals surface area contributed by atoms with Gasteiger partial charge in [-0.1, -0.05) is 12.1 Å². The minimum absolute atomic E-state index is 0.0212. The number of hydrogen-bond acceptors (Lipinski definition) is 4. The molecule has 1 unspecified atom stereocenters. The number of benzene rings is 1. The number of nitrogens with zero attached hydrogens (tertiary/aromatic N) is 1. The number of hydrogen-bond donors (Lipinski definition) is 2. The van der Waals surface area contributed by atoms with E-state index in [1.165, 1.54) is 35.3 Å². The number of anilines is 1. The van der Waals surface area contributed by atoms with Gasteiger partial charge < -0.3 is 11.1 Å². The molecule has 0 radical (unpaired) electrons. The number of nitrogens with one attached hydrogen (secondary N) is 1. The fourth-order valence-corrected chi connectivity index (χ4v) is 3.47. The molecule has 0 saturated carbocycles. The van der Waals surface area contributed by atoms with Crippen LogP contribution in [0.15, 0.2) is 23.6 Å². The lowest BCUT2D eigenvalue weighted by Crippen LogP contribution is -2.19. The van der Waals surface area contributed by atoms with Gasteiger partial charge in [-0.2, -0.15) is 0 Å². The monoisotopic (exact) mass is 315 g/mol. The summed E-state index contributed by atoms with van der Waals surface area (Å²) in [7, 11) is 0. The molecule has 3 rings (SSSR count). The lowest BCUT2D eigenvalue weighted by Gasteiger charge is -2.04. The number of carbonyl (C=O) groups excluding carboxylic acids is 1. The van der Waals surface area contributed by atoms with E-state index in [2.05, 4.69) is 28.5 Å². The molecule has 22 heavy (non-hydrogen) atoms. The summed E-state index contributed by atoms with van der Waals surface area (Å²) in [5.74, 6) is -0.0212. The Morgan fingerprint density at radius 2 is 2.23 bits per heavy atom. The number of aromatic nitrogens is 1. The molecular formula is C17H21N3OS. The van der Waals surface area contributed by atoms with E-state index in [-0.39, 0.29) is 11.9 Å². The number of amides is 1. The zero-order valence-electron chi connectivity index (χ0n) is 12.8.